The number of amides is 1. The van der Waals surface area contributed by atoms with Crippen LogP contribution in [0.2, 0.25) is 0 Å². The van der Waals surface area contributed by atoms with Crippen molar-refractivity contribution in [3.63, 3.8) is 0 Å². The Hall–Kier alpha value is -4.03. The minimum Gasteiger partial charge on any atom is -0.452 e. The first-order chi connectivity index (χ1) is 16.4. The molecule has 172 valence electrons. The lowest BCUT2D eigenvalue weighted by Gasteiger charge is -2.22. The van der Waals surface area contributed by atoms with Crippen molar-refractivity contribution in [1.82, 2.24) is 10.1 Å². The molecule has 34 heavy (non-hydrogen) atoms. The fourth-order valence-corrected chi connectivity index (χ4v) is 4.44. The number of aryl methyl sites for hydroxylation is 3. The van der Waals surface area contributed by atoms with E-state index in [1.54, 1.807) is 13.0 Å². The fourth-order valence-electron chi connectivity index (χ4n) is 3.76. The van der Waals surface area contributed by atoms with E-state index < -0.39 is 18.5 Å². The van der Waals surface area contributed by atoms with Crippen LogP contribution in [0.25, 0.3) is 21.7 Å². The van der Waals surface area contributed by atoms with Crippen molar-refractivity contribution in [2.45, 2.75) is 27.2 Å². The van der Waals surface area contributed by atoms with E-state index in [1.807, 2.05) is 49.6 Å². The number of benzene rings is 1. The first-order valence-corrected chi connectivity index (χ1v) is 11.5. The van der Waals surface area contributed by atoms with Crippen LogP contribution in [0.4, 0.5) is 5.69 Å². The third-order valence-corrected chi connectivity index (χ3v) is 6.10. The summed E-state index contributed by atoms with van der Waals surface area (Å²) in [5.74, 6) is -1.09. The second-order valence-electron chi connectivity index (χ2n) is 7.86. The molecule has 0 fully saturated rings. The quantitative estimate of drug-likeness (QED) is 0.347. The van der Waals surface area contributed by atoms with E-state index in [0.29, 0.717) is 22.5 Å². The first kappa shape index (κ1) is 23.1. The van der Waals surface area contributed by atoms with Gasteiger partial charge in [-0.05, 0) is 61.5 Å². The predicted molar refractivity (Wildman–Crippen MR) is 129 cm³/mol. The highest BCUT2D eigenvalue weighted by molar-refractivity contribution is 7.13. The summed E-state index contributed by atoms with van der Waals surface area (Å²) in [7, 11) is 0. The number of hydrogen-bond donors (Lipinski definition) is 0. The molecule has 3 heterocycles. The van der Waals surface area contributed by atoms with E-state index in [0.717, 1.165) is 16.0 Å². The highest BCUT2D eigenvalue weighted by Crippen LogP contribution is 2.30. The number of nitrogens with zero attached hydrogens (tertiary/aromatic N) is 4. The normalized spacial score (nSPS) is 10.8. The Labute approximate surface area is 200 Å². The molecule has 4 rings (SSSR count). The zero-order valence-electron chi connectivity index (χ0n) is 19.0. The molecule has 0 N–H and O–H groups in total. The smallest absolute Gasteiger partial charge is 0.339 e. The van der Waals surface area contributed by atoms with Gasteiger partial charge in [-0.15, -0.1) is 11.3 Å². The van der Waals surface area contributed by atoms with Gasteiger partial charge in [-0.3, -0.25) is 4.79 Å². The van der Waals surface area contributed by atoms with Gasteiger partial charge in [-0.25, -0.2) is 9.78 Å². The lowest BCUT2D eigenvalue weighted by Crippen LogP contribution is -2.35. The third-order valence-electron chi connectivity index (χ3n) is 5.20. The molecule has 0 aliphatic rings. The topological polar surface area (TPSA) is 109 Å². The van der Waals surface area contributed by atoms with Crippen LogP contribution in [0, 0.1) is 32.1 Å². The number of ether oxygens (including phenoxy) is 1. The fraction of sp³-hybridized carbons (Fsp3) is 0.240. The average Bonchev–Trinajstić information content (AvgIpc) is 3.47. The number of carbonyl (C=O) groups is 2. The molecule has 4 aromatic rings. The Morgan fingerprint density at radius 1 is 1.18 bits per heavy atom. The van der Waals surface area contributed by atoms with E-state index in [9.17, 15) is 9.59 Å². The summed E-state index contributed by atoms with van der Waals surface area (Å²) in [6, 6.07) is 13.2. The Bertz CT molecular complexity index is 1380. The van der Waals surface area contributed by atoms with Crippen molar-refractivity contribution in [3.8, 4) is 16.6 Å². The standard InChI is InChI=1S/C25H22N4O4S/c1-15-10-16(2)12-18(11-15)29(8-5-7-26)22(30)14-32-25(31)19-13-20(21-6-4-9-34-21)27-24-23(19)17(3)28-33-24/h4,6,9-13H,5,8,14H2,1-3H3. The Balaban J connectivity index is 1.59. The van der Waals surface area contributed by atoms with E-state index >= 15 is 0 Å². The monoisotopic (exact) mass is 474 g/mol. The molecule has 0 spiro atoms. The van der Waals surface area contributed by atoms with Crippen LogP contribution in [-0.4, -0.2) is 35.2 Å². The van der Waals surface area contributed by atoms with Gasteiger partial charge in [0.05, 0.1) is 39.7 Å². The Kier molecular flexibility index (Phi) is 6.70. The maximum atomic E-state index is 13.1. The first-order valence-electron chi connectivity index (χ1n) is 10.6. The van der Waals surface area contributed by atoms with Gasteiger partial charge >= 0.3 is 5.97 Å². The second kappa shape index (κ2) is 9.85. The maximum absolute atomic E-state index is 13.1. The van der Waals surface area contributed by atoms with Crippen LogP contribution in [-0.2, 0) is 9.53 Å². The summed E-state index contributed by atoms with van der Waals surface area (Å²) in [4.78, 5) is 32.9. The summed E-state index contributed by atoms with van der Waals surface area (Å²) in [6.45, 7) is 5.31. The van der Waals surface area contributed by atoms with Gasteiger partial charge in [0.2, 0.25) is 0 Å². The largest absolute Gasteiger partial charge is 0.452 e. The highest BCUT2D eigenvalue weighted by atomic mass is 32.1. The van der Waals surface area contributed by atoms with Gasteiger partial charge < -0.3 is 14.2 Å². The number of fused-ring (bicyclic) bond motifs is 1. The van der Waals surface area contributed by atoms with Crippen molar-refractivity contribution < 1.29 is 18.8 Å². The van der Waals surface area contributed by atoms with Gasteiger partial charge in [0, 0.05) is 12.2 Å². The molecular weight excluding hydrogens is 452 g/mol. The number of hydrogen-bond acceptors (Lipinski definition) is 8. The van der Waals surface area contributed by atoms with Crippen LogP contribution < -0.4 is 4.90 Å². The van der Waals surface area contributed by atoms with Crippen LogP contribution in [0.15, 0.2) is 46.3 Å². The Morgan fingerprint density at radius 3 is 2.62 bits per heavy atom. The number of thiophene rings is 1. The van der Waals surface area contributed by atoms with Crippen LogP contribution in [0.3, 0.4) is 0 Å². The van der Waals surface area contributed by atoms with Crippen LogP contribution in [0.5, 0.6) is 0 Å². The zero-order chi connectivity index (χ0) is 24.2. The van der Waals surface area contributed by atoms with Gasteiger partial charge in [0.1, 0.15) is 0 Å². The molecule has 0 aliphatic heterocycles. The summed E-state index contributed by atoms with van der Waals surface area (Å²) >= 11 is 1.48. The van der Waals surface area contributed by atoms with Gasteiger partial charge in [0.25, 0.3) is 11.6 Å². The Morgan fingerprint density at radius 2 is 1.94 bits per heavy atom. The molecule has 1 amide bonds. The number of carbonyl (C=O) groups excluding carboxylic acids is 2. The van der Waals surface area contributed by atoms with Crippen molar-refractivity contribution in [3.05, 3.63) is 64.2 Å². The number of nitriles is 1. The van der Waals surface area contributed by atoms with Crippen LogP contribution >= 0.6 is 11.3 Å². The van der Waals surface area contributed by atoms with E-state index in [2.05, 4.69) is 16.2 Å². The predicted octanol–water partition coefficient (Wildman–Crippen LogP) is 4.98. The number of aromatic nitrogens is 2. The SMILES string of the molecule is Cc1cc(C)cc(N(CCC#N)C(=O)COC(=O)c2cc(-c3cccs3)nc3onc(C)c23)c1. The summed E-state index contributed by atoms with van der Waals surface area (Å²) < 4.78 is 10.7. The molecule has 0 aliphatic carbocycles. The molecular formula is C25H22N4O4S. The van der Waals surface area contributed by atoms with Crippen molar-refractivity contribution in [2.75, 3.05) is 18.1 Å². The lowest BCUT2D eigenvalue weighted by molar-refractivity contribution is -0.121. The van der Waals surface area contributed by atoms with Crippen molar-refractivity contribution in [2.24, 2.45) is 0 Å². The van der Waals surface area contributed by atoms with Crippen LogP contribution in [0.1, 0.15) is 33.6 Å². The maximum Gasteiger partial charge on any atom is 0.339 e. The summed E-state index contributed by atoms with van der Waals surface area (Å²) in [5.41, 5.74) is 4.17. The molecule has 0 saturated heterocycles. The van der Waals surface area contributed by atoms with Gasteiger partial charge in [-0.2, -0.15) is 5.26 Å². The van der Waals surface area contributed by atoms with Crippen molar-refractivity contribution >= 4 is 40.0 Å². The summed E-state index contributed by atoms with van der Waals surface area (Å²) in [5, 5.41) is 15.3. The van der Waals surface area contributed by atoms with E-state index in [-0.39, 0.29) is 24.2 Å². The molecule has 0 unspecified atom stereocenters. The zero-order valence-corrected chi connectivity index (χ0v) is 19.8. The molecule has 0 saturated carbocycles. The van der Waals surface area contributed by atoms with Gasteiger partial charge in [-0.1, -0.05) is 17.3 Å². The lowest BCUT2D eigenvalue weighted by atomic mass is 10.1. The number of rotatable bonds is 7. The van der Waals surface area contributed by atoms with Gasteiger partial charge in [0.15, 0.2) is 6.61 Å². The number of esters is 1. The average molecular weight is 475 g/mol. The molecule has 9 heteroatoms. The minimum absolute atomic E-state index is 0.154. The summed E-state index contributed by atoms with van der Waals surface area (Å²) in [6.07, 6.45) is 0.154. The number of anilines is 1. The van der Waals surface area contributed by atoms with E-state index in [1.165, 1.54) is 16.2 Å². The minimum atomic E-state index is -0.675. The molecule has 0 bridgehead atoms. The molecule has 3 aromatic heterocycles. The molecule has 8 nitrogen and oxygen atoms in total. The highest BCUT2D eigenvalue weighted by Gasteiger charge is 2.23. The molecule has 1 aromatic carbocycles. The number of pyridine rings is 1. The van der Waals surface area contributed by atoms with Crippen molar-refractivity contribution in [1.29, 1.82) is 5.26 Å². The molecule has 0 radical (unpaired) electrons. The molecule has 0 atom stereocenters. The third kappa shape index (κ3) is 4.82. The second-order valence-corrected chi connectivity index (χ2v) is 8.80. The van der Waals surface area contributed by atoms with E-state index in [4.69, 9.17) is 14.5 Å².